The van der Waals surface area contributed by atoms with Gasteiger partial charge in [0.1, 0.15) is 0 Å². The number of morpholine rings is 1. The maximum absolute atomic E-state index is 9.14. The molecule has 0 radical (unpaired) electrons. The highest BCUT2D eigenvalue weighted by atomic mass is 16.5. The van der Waals surface area contributed by atoms with Gasteiger partial charge in [0.15, 0.2) is 5.82 Å². The number of hydrogen-bond acceptors (Lipinski definition) is 5. The molecule has 1 aromatic heterocycles. The first kappa shape index (κ1) is 11.2. The number of nitrogens with zero attached hydrogens (tertiary/aromatic N) is 2. The van der Waals surface area contributed by atoms with Gasteiger partial charge in [-0.25, -0.2) is 4.98 Å². The predicted octanol–water partition coefficient (Wildman–Crippen LogP) is 0.250. The van der Waals surface area contributed by atoms with E-state index in [1.165, 1.54) is 0 Å². The van der Waals surface area contributed by atoms with E-state index in [4.69, 9.17) is 15.6 Å². The van der Waals surface area contributed by atoms with Crippen LogP contribution in [-0.4, -0.2) is 42.0 Å². The Morgan fingerprint density at radius 1 is 1.62 bits per heavy atom. The van der Waals surface area contributed by atoms with E-state index in [1.54, 1.807) is 6.20 Å². The summed E-state index contributed by atoms with van der Waals surface area (Å²) in [5.41, 5.74) is 6.54. The highest BCUT2D eigenvalue weighted by Gasteiger charge is 2.26. The summed E-state index contributed by atoms with van der Waals surface area (Å²) in [4.78, 5) is 6.33. The SMILES string of the molecule is CC1CN(c2ncccc2N)CC(CO)O1. The van der Waals surface area contributed by atoms with Gasteiger partial charge in [0.25, 0.3) is 0 Å². The fourth-order valence-electron chi connectivity index (χ4n) is 1.99. The standard InChI is InChI=1S/C11H17N3O2/c1-8-5-14(6-9(7-15)16-8)11-10(12)3-2-4-13-11/h2-4,8-9,15H,5-7,12H2,1H3. The number of aromatic nitrogens is 1. The van der Waals surface area contributed by atoms with E-state index >= 15 is 0 Å². The van der Waals surface area contributed by atoms with Gasteiger partial charge in [0.05, 0.1) is 24.5 Å². The Bertz CT molecular complexity index is 359. The number of pyridine rings is 1. The minimum absolute atomic E-state index is 0.0214. The minimum atomic E-state index is -0.162. The minimum Gasteiger partial charge on any atom is -0.396 e. The predicted molar refractivity (Wildman–Crippen MR) is 62.3 cm³/mol. The first-order valence-electron chi connectivity index (χ1n) is 5.42. The maximum atomic E-state index is 9.14. The Labute approximate surface area is 94.8 Å². The van der Waals surface area contributed by atoms with Gasteiger partial charge in [-0.15, -0.1) is 0 Å². The smallest absolute Gasteiger partial charge is 0.151 e. The van der Waals surface area contributed by atoms with Gasteiger partial charge in [-0.05, 0) is 19.1 Å². The number of hydrogen-bond donors (Lipinski definition) is 2. The number of aliphatic hydroxyl groups is 1. The van der Waals surface area contributed by atoms with Crippen LogP contribution >= 0.6 is 0 Å². The molecule has 2 heterocycles. The molecular weight excluding hydrogens is 206 g/mol. The quantitative estimate of drug-likeness (QED) is 0.752. The van der Waals surface area contributed by atoms with Crippen molar-refractivity contribution in [1.29, 1.82) is 0 Å². The molecule has 1 aliphatic heterocycles. The van der Waals surface area contributed by atoms with Crippen LogP contribution in [-0.2, 0) is 4.74 Å². The molecule has 2 atom stereocenters. The molecule has 5 heteroatoms. The molecule has 0 spiro atoms. The van der Waals surface area contributed by atoms with Crippen molar-refractivity contribution in [2.24, 2.45) is 0 Å². The Hall–Kier alpha value is -1.33. The summed E-state index contributed by atoms with van der Waals surface area (Å²) < 4.78 is 5.57. The van der Waals surface area contributed by atoms with E-state index in [9.17, 15) is 0 Å². The van der Waals surface area contributed by atoms with Crippen molar-refractivity contribution in [3.8, 4) is 0 Å². The fraction of sp³-hybridized carbons (Fsp3) is 0.545. The number of ether oxygens (including phenoxy) is 1. The van der Waals surface area contributed by atoms with Crippen molar-refractivity contribution in [3.63, 3.8) is 0 Å². The number of anilines is 2. The Morgan fingerprint density at radius 2 is 2.44 bits per heavy atom. The Balaban J connectivity index is 2.17. The van der Waals surface area contributed by atoms with Crippen LogP contribution < -0.4 is 10.6 Å². The zero-order valence-electron chi connectivity index (χ0n) is 9.34. The van der Waals surface area contributed by atoms with Gasteiger partial charge in [-0.3, -0.25) is 0 Å². The third-order valence-corrected chi connectivity index (χ3v) is 2.65. The van der Waals surface area contributed by atoms with E-state index in [0.717, 1.165) is 12.4 Å². The van der Waals surface area contributed by atoms with Crippen LogP contribution in [0.3, 0.4) is 0 Å². The second-order valence-electron chi connectivity index (χ2n) is 4.07. The summed E-state index contributed by atoms with van der Waals surface area (Å²) in [6, 6.07) is 3.64. The van der Waals surface area contributed by atoms with Crippen LogP contribution in [0.2, 0.25) is 0 Å². The summed E-state index contributed by atoms with van der Waals surface area (Å²) in [5, 5.41) is 9.14. The first-order valence-corrected chi connectivity index (χ1v) is 5.42. The zero-order chi connectivity index (χ0) is 11.5. The van der Waals surface area contributed by atoms with E-state index in [1.807, 2.05) is 19.1 Å². The van der Waals surface area contributed by atoms with Gasteiger partial charge in [-0.1, -0.05) is 0 Å². The average Bonchev–Trinajstić information content (AvgIpc) is 2.28. The largest absolute Gasteiger partial charge is 0.396 e. The molecule has 0 bridgehead atoms. The maximum Gasteiger partial charge on any atom is 0.151 e. The van der Waals surface area contributed by atoms with Crippen LogP contribution in [0.5, 0.6) is 0 Å². The lowest BCUT2D eigenvalue weighted by atomic mass is 10.2. The monoisotopic (exact) mass is 223 g/mol. The molecule has 1 aliphatic rings. The molecule has 1 aromatic rings. The molecule has 3 N–H and O–H groups in total. The molecule has 2 rings (SSSR count). The van der Waals surface area contributed by atoms with Gasteiger partial charge in [-0.2, -0.15) is 0 Å². The highest BCUT2D eigenvalue weighted by Crippen LogP contribution is 2.23. The molecule has 0 saturated carbocycles. The van der Waals surface area contributed by atoms with Crippen molar-refractivity contribution < 1.29 is 9.84 Å². The second-order valence-corrected chi connectivity index (χ2v) is 4.07. The van der Waals surface area contributed by atoms with Crippen molar-refractivity contribution in [2.45, 2.75) is 19.1 Å². The molecule has 1 fully saturated rings. The summed E-state index contributed by atoms with van der Waals surface area (Å²) in [5.74, 6) is 0.774. The van der Waals surface area contributed by atoms with Crippen LogP contribution in [0.25, 0.3) is 0 Å². The van der Waals surface area contributed by atoms with Crippen LogP contribution in [0.4, 0.5) is 11.5 Å². The van der Waals surface area contributed by atoms with Gasteiger partial charge >= 0.3 is 0 Å². The van der Waals surface area contributed by atoms with E-state index in [2.05, 4.69) is 9.88 Å². The van der Waals surface area contributed by atoms with Gasteiger partial charge < -0.3 is 20.5 Å². The topological polar surface area (TPSA) is 71.6 Å². The summed E-state index contributed by atoms with van der Waals surface area (Å²) in [7, 11) is 0. The molecule has 0 aliphatic carbocycles. The van der Waals surface area contributed by atoms with E-state index in [-0.39, 0.29) is 18.8 Å². The van der Waals surface area contributed by atoms with E-state index < -0.39 is 0 Å². The van der Waals surface area contributed by atoms with Crippen molar-refractivity contribution in [3.05, 3.63) is 18.3 Å². The second kappa shape index (κ2) is 4.67. The normalized spacial score (nSPS) is 25.8. The Kier molecular flexibility index (Phi) is 3.26. The molecule has 0 aromatic carbocycles. The van der Waals surface area contributed by atoms with Crippen molar-refractivity contribution >= 4 is 11.5 Å². The lowest BCUT2D eigenvalue weighted by Gasteiger charge is -2.37. The number of aliphatic hydroxyl groups excluding tert-OH is 1. The number of nitrogen functional groups attached to an aromatic ring is 1. The molecule has 16 heavy (non-hydrogen) atoms. The average molecular weight is 223 g/mol. The van der Waals surface area contributed by atoms with Gasteiger partial charge in [0, 0.05) is 19.3 Å². The molecule has 1 saturated heterocycles. The molecule has 5 nitrogen and oxygen atoms in total. The first-order chi connectivity index (χ1) is 7.70. The lowest BCUT2D eigenvalue weighted by molar-refractivity contribution is -0.0422. The molecular formula is C11H17N3O2. The van der Waals surface area contributed by atoms with Crippen LogP contribution in [0.1, 0.15) is 6.92 Å². The summed E-state index contributed by atoms with van der Waals surface area (Å²) >= 11 is 0. The molecule has 0 amide bonds. The van der Waals surface area contributed by atoms with Crippen molar-refractivity contribution in [1.82, 2.24) is 4.98 Å². The lowest BCUT2D eigenvalue weighted by Crippen LogP contribution is -2.48. The summed E-state index contributed by atoms with van der Waals surface area (Å²) in [6.07, 6.45) is 1.64. The summed E-state index contributed by atoms with van der Waals surface area (Å²) in [6.45, 7) is 3.38. The third-order valence-electron chi connectivity index (χ3n) is 2.65. The Morgan fingerprint density at radius 3 is 3.12 bits per heavy atom. The van der Waals surface area contributed by atoms with E-state index in [0.29, 0.717) is 12.2 Å². The highest BCUT2D eigenvalue weighted by molar-refractivity contribution is 5.62. The van der Waals surface area contributed by atoms with Crippen LogP contribution in [0.15, 0.2) is 18.3 Å². The van der Waals surface area contributed by atoms with Gasteiger partial charge in [0.2, 0.25) is 0 Å². The van der Waals surface area contributed by atoms with Crippen molar-refractivity contribution in [2.75, 3.05) is 30.3 Å². The molecule has 2 unspecified atom stereocenters. The van der Waals surface area contributed by atoms with Crippen LogP contribution in [0, 0.1) is 0 Å². The number of rotatable bonds is 2. The zero-order valence-corrected chi connectivity index (χ0v) is 9.34. The molecule has 88 valence electrons. The number of nitrogens with two attached hydrogens (primary N) is 1. The third kappa shape index (κ3) is 2.25. The fourth-order valence-corrected chi connectivity index (χ4v) is 1.99.